The second-order valence-corrected chi connectivity index (χ2v) is 25.1. The van der Waals surface area contributed by atoms with E-state index >= 15 is 4.79 Å². The first-order valence-corrected chi connectivity index (χ1v) is 26.3. The molecule has 0 radical (unpaired) electrons. The molecule has 7 aliphatic rings. The minimum atomic E-state index is -0.928. The van der Waals surface area contributed by atoms with Crippen LogP contribution >= 0.6 is 0 Å². The molecule has 2 aromatic heterocycles. The van der Waals surface area contributed by atoms with E-state index in [1.807, 2.05) is 20.9 Å². The highest BCUT2D eigenvalue weighted by Crippen LogP contribution is 2.76. The van der Waals surface area contributed by atoms with Gasteiger partial charge in [-0.25, -0.2) is 0 Å². The molecule has 3 aromatic rings. The van der Waals surface area contributed by atoms with Crippen LogP contribution in [-0.2, 0) is 44.1 Å². The summed E-state index contributed by atoms with van der Waals surface area (Å²) in [5.41, 5.74) is 5.46. The highest BCUT2D eigenvalue weighted by atomic mass is 16.6. The normalized spacial score (nSPS) is 38.8. The molecule has 2 saturated heterocycles. The van der Waals surface area contributed by atoms with Crippen molar-refractivity contribution in [2.45, 2.75) is 175 Å². The molecular weight excluding hydrogens is 855 g/mol. The number of benzene rings is 1. The van der Waals surface area contributed by atoms with Gasteiger partial charge in [-0.2, -0.15) is 0 Å². The first-order valence-electron chi connectivity index (χ1n) is 26.3. The molecule has 1 aromatic carbocycles. The molecule has 68 heavy (non-hydrogen) atoms. The highest BCUT2D eigenvalue weighted by Gasteiger charge is 2.73. The molecule has 372 valence electrons. The Labute approximate surface area is 404 Å². The van der Waals surface area contributed by atoms with Crippen LogP contribution in [0, 0.1) is 57.7 Å². The molecular formula is C57H81N3O8. The Hall–Kier alpha value is -3.16. The number of aromatic amines is 1. The van der Waals surface area contributed by atoms with Crippen molar-refractivity contribution in [2.75, 3.05) is 33.4 Å². The van der Waals surface area contributed by atoms with Crippen molar-refractivity contribution >= 4 is 22.6 Å². The maximum absolute atomic E-state index is 15.5. The van der Waals surface area contributed by atoms with E-state index in [4.69, 9.17) is 9.47 Å². The molecule has 11 nitrogen and oxygen atoms in total. The van der Waals surface area contributed by atoms with Gasteiger partial charge in [0.1, 0.15) is 11.9 Å². The molecule has 0 amide bonds. The van der Waals surface area contributed by atoms with E-state index in [9.17, 15) is 25.2 Å². The number of aromatic nitrogens is 2. The number of nitrogens with one attached hydrogen (secondary N) is 2. The Bertz CT molecular complexity index is 2510. The average Bonchev–Trinajstić information content (AvgIpc) is 3.51. The van der Waals surface area contributed by atoms with Gasteiger partial charge in [0, 0.05) is 92.7 Å². The lowest BCUT2D eigenvalue weighted by atomic mass is 9.33. The van der Waals surface area contributed by atoms with Gasteiger partial charge in [0.05, 0.1) is 34.4 Å². The fraction of sp³-hybridized carbons (Fsp3) is 0.719. The van der Waals surface area contributed by atoms with E-state index in [2.05, 4.69) is 87.0 Å². The Morgan fingerprint density at radius 3 is 2.44 bits per heavy atom. The lowest BCUT2D eigenvalue weighted by Gasteiger charge is -2.71. The van der Waals surface area contributed by atoms with E-state index in [-0.39, 0.29) is 36.2 Å². The minimum Gasteiger partial charge on any atom is -0.396 e. The Balaban J connectivity index is 1.13. The summed E-state index contributed by atoms with van der Waals surface area (Å²) >= 11 is 0. The van der Waals surface area contributed by atoms with Crippen molar-refractivity contribution in [1.29, 1.82) is 0 Å². The number of hydrogen-bond donors (Lipinski definition) is 6. The van der Waals surface area contributed by atoms with Crippen molar-refractivity contribution in [3.05, 3.63) is 69.6 Å². The molecule has 5 fully saturated rings. The monoisotopic (exact) mass is 936 g/mol. The number of nitrogens with zero attached hydrogens (tertiary/aromatic N) is 1. The number of Topliss-reactive ketones (excluding diaryl/α,β-unsaturated/α-hetero) is 2. The van der Waals surface area contributed by atoms with Gasteiger partial charge in [-0.15, -0.1) is 0 Å². The third-order valence-electron chi connectivity index (χ3n) is 20.4. The number of carbonyl (C=O) groups is 2. The van der Waals surface area contributed by atoms with Crippen LogP contribution in [-0.4, -0.2) is 98.9 Å². The molecule has 12 atom stereocenters. The van der Waals surface area contributed by atoms with Gasteiger partial charge in [0.2, 0.25) is 0 Å². The van der Waals surface area contributed by atoms with Gasteiger partial charge in [0.25, 0.3) is 0 Å². The number of H-pyrrole nitrogens is 1. The number of rotatable bonds is 12. The number of ketones is 2. The van der Waals surface area contributed by atoms with Crippen molar-refractivity contribution in [1.82, 2.24) is 14.9 Å². The first kappa shape index (κ1) is 48.5. The second kappa shape index (κ2) is 16.7. The van der Waals surface area contributed by atoms with Crippen LogP contribution in [0.1, 0.15) is 147 Å². The zero-order valence-electron chi connectivity index (χ0n) is 42.5. The number of ether oxygens (including phenoxy) is 2. The molecule has 6 N–H and O–H groups in total. The minimum absolute atomic E-state index is 0.0368. The summed E-state index contributed by atoms with van der Waals surface area (Å²) in [5.74, 6) is -0.347. The maximum atomic E-state index is 15.5. The molecule has 0 unspecified atom stereocenters. The Morgan fingerprint density at radius 1 is 1.01 bits per heavy atom. The summed E-state index contributed by atoms with van der Waals surface area (Å²) in [6.45, 7) is 19.9. The van der Waals surface area contributed by atoms with Crippen LogP contribution in [0.2, 0.25) is 0 Å². The fourth-order valence-corrected chi connectivity index (χ4v) is 17.0. The summed E-state index contributed by atoms with van der Waals surface area (Å²) in [7, 11) is 1.95. The summed E-state index contributed by atoms with van der Waals surface area (Å²) in [6.07, 6.45) is 10.6. The van der Waals surface area contributed by atoms with Crippen molar-refractivity contribution < 1.29 is 39.5 Å². The second-order valence-electron chi connectivity index (χ2n) is 25.1. The molecule has 4 aliphatic carbocycles. The van der Waals surface area contributed by atoms with E-state index in [0.29, 0.717) is 96.2 Å². The van der Waals surface area contributed by atoms with Gasteiger partial charge in [0.15, 0.2) is 5.78 Å². The van der Waals surface area contributed by atoms with Crippen molar-refractivity contribution in [2.24, 2.45) is 50.7 Å². The third-order valence-corrected chi connectivity index (χ3v) is 20.4. The molecule has 3 aliphatic heterocycles. The zero-order valence-corrected chi connectivity index (χ0v) is 42.5. The third kappa shape index (κ3) is 7.27. The predicted octanol–water partition coefficient (Wildman–Crippen LogP) is 8.03. The van der Waals surface area contributed by atoms with E-state index < -0.39 is 56.4 Å². The first-order chi connectivity index (χ1) is 32.1. The van der Waals surface area contributed by atoms with E-state index in [0.717, 1.165) is 69.4 Å². The zero-order chi connectivity index (χ0) is 48.6. The Kier molecular flexibility index (Phi) is 11.9. The van der Waals surface area contributed by atoms with Gasteiger partial charge >= 0.3 is 0 Å². The van der Waals surface area contributed by atoms with Crippen LogP contribution in [0.25, 0.3) is 11.0 Å². The largest absolute Gasteiger partial charge is 0.396 e. The van der Waals surface area contributed by atoms with Crippen molar-refractivity contribution in [3.63, 3.8) is 0 Å². The summed E-state index contributed by atoms with van der Waals surface area (Å²) in [5, 5.41) is 51.2. The predicted molar refractivity (Wildman–Crippen MR) is 263 cm³/mol. The lowest BCUT2D eigenvalue weighted by Crippen LogP contribution is -2.69. The van der Waals surface area contributed by atoms with E-state index in [1.165, 1.54) is 0 Å². The number of epoxide rings is 1. The average molecular weight is 936 g/mol. The lowest BCUT2D eigenvalue weighted by molar-refractivity contribution is -0.228. The highest BCUT2D eigenvalue weighted by molar-refractivity contribution is 6.02. The van der Waals surface area contributed by atoms with Gasteiger partial charge < -0.3 is 44.8 Å². The Morgan fingerprint density at radius 2 is 1.75 bits per heavy atom. The fourth-order valence-electron chi connectivity index (χ4n) is 17.0. The number of carbonyl (C=O) groups excluding carboxylic acids is 2. The van der Waals surface area contributed by atoms with Crippen LogP contribution < -0.4 is 5.32 Å². The molecule has 10 rings (SSSR count). The molecule has 3 saturated carbocycles. The maximum Gasteiger partial charge on any atom is 0.160 e. The smallest absolute Gasteiger partial charge is 0.160 e. The number of allylic oxidation sites excluding steroid dienone is 1. The quantitative estimate of drug-likeness (QED) is 0.0986. The molecule has 5 heterocycles. The number of fused-ring (bicyclic) bond motifs is 4. The van der Waals surface area contributed by atoms with E-state index in [1.54, 1.807) is 0 Å². The molecule has 0 bridgehead atoms. The van der Waals surface area contributed by atoms with Crippen LogP contribution in [0.4, 0.5) is 0 Å². The van der Waals surface area contributed by atoms with Crippen LogP contribution in [0.5, 0.6) is 0 Å². The summed E-state index contributed by atoms with van der Waals surface area (Å²) in [4.78, 5) is 34.0. The van der Waals surface area contributed by atoms with Crippen molar-refractivity contribution in [3.8, 4) is 0 Å². The number of aryl methyl sites for hydroxylation is 2. The number of hydrogen-bond acceptors (Lipinski definition) is 9. The van der Waals surface area contributed by atoms with Gasteiger partial charge in [-0.1, -0.05) is 58.4 Å². The standard InChI is InChI=1S/C57H81N3O8/c1-33-23-34(26-38(24-33)57(66)17-21-67-22-18-57)25-37-31-60-32-39-43-44(52(4,28-41(63)50-51(2,3)68-50)14-12-36-30-59-45(37)46(36)60)40(62)29-56(43,8)55(7)15-13-42-53(5,16-19-58-9)49(65)35(11-10-20-61)27-54(42,6)48(55)47(39)64/h23-24,26,30-31,35,39,41-42,47-48,50,58-59,61,63-64,66H,10-22,25,27-29,32H2,1-9H3/t35-,39+,41+,42-,47+,48+,50+,52-,53-,54+,55-,56-/m0/s1. The number of aliphatic hydroxyl groups excluding tert-OH is 3. The van der Waals surface area contributed by atoms with Gasteiger partial charge in [-0.05, 0) is 148 Å². The number of aliphatic hydroxyl groups is 4. The summed E-state index contributed by atoms with van der Waals surface area (Å²) < 4.78 is 14.1. The molecule has 11 heteroatoms. The summed E-state index contributed by atoms with van der Waals surface area (Å²) in [6, 6.07) is 6.51. The van der Waals surface area contributed by atoms with Crippen LogP contribution in [0.15, 0.2) is 41.7 Å². The SMILES string of the molecule is CNCC[C@]1(C)C(=O)[C@@H](CCCO)C[C@@]2(C)[C@H]3[C@H](O)[C@@H]4Cn5cc(Cc6cc(C)cc(C7(O)CCOCC7)c6)c6[nH]cc(c65)CC[C@@](C)(C[C@@H](O)[C@H]5OC5(C)C)C5=C4[C@](C)(CC5=O)[C@@]3(C)CC[C@H]21. The van der Waals surface area contributed by atoms with Gasteiger partial charge in [-0.3, -0.25) is 9.59 Å². The molecule has 0 spiro atoms. The topological polar surface area (TPSA) is 170 Å². The van der Waals surface area contributed by atoms with Crippen LogP contribution in [0.3, 0.4) is 0 Å².